The van der Waals surface area contributed by atoms with Crippen molar-refractivity contribution in [2.45, 2.75) is 38.3 Å². The molecule has 104 valence electrons. The van der Waals surface area contributed by atoms with Gasteiger partial charge >= 0.3 is 0 Å². The molecule has 0 aliphatic heterocycles. The van der Waals surface area contributed by atoms with Gasteiger partial charge in [-0.2, -0.15) is 0 Å². The third kappa shape index (κ3) is 5.66. The predicted octanol–water partition coefficient (Wildman–Crippen LogP) is 2.72. The van der Waals surface area contributed by atoms with Gasteiger partial charge in [0, 0.05) is 12.5 Å². The Morgan fingerprint density at radius 3 is 2.68 bits per heavy atom. The molecule has 4 heteroatoms. The second kappa shape index (κ2) is 7.69. The van der Waals surface area contributed by atoms with Gasteiger partial charge in [-0.05, 0) is 37.5 Å². The molecule has 2 unspecified atom stereocenters. The predicted molar refractivity (Wildman–Crippen MR) is 73.0 cm³/mol. The van der Waals surface area contributed by atoms with Crippen LogP contribution in [0.15, 0.2) is 36.9 Å². The summed E-state index contributed by atoms with van der Waals surface area (Å²) in [5.41, 5.74) is 0.647. The molecule has 0 heterocycles. The number of aliphatic hydroxyl groups excluding tert-OH is 1. The average Bonchev–Trinajstić information content (AvgIpc) is 2.36. The van der Waals surface area contributed by atoms with E-state index >= 15 is 0 Å². The molecule has 0 saturated carbocycles. The minimum atomic E-state index is -0.713. The first-order valence-corrected chi connectivity index (χ1v) is 6.36. The van der Waals surface area contributed by atoms with Gasteiger partial charge in [-0.25, -0.2) is 4.39 Å². The molecule has 3 nitrogen and oxygen atoms in total. The third-order valence-electron chi connectivity index (χ3n) is 2.81. The second-order valence-electron chi connectivity index (χ2n) is 4.60. The molecule has 2 N–H and O–H groups in total. The highest BCUT2D eigenvalue weighted by Crippen LogP contribution is 2.18. The van der Waals surface area contributed by atoms with Gasteiger partial charge in [0.15, 0.2) is 0 Å². The molecule has 0 saturated heterocycles. The summed E-state index contributed by atoms with van der Waals surface area (Å²) in [7, 11) is 0. The van der Waals surface area contributed by atoms with Gasteiger partial charge in [0.05, 0.1) is 6.10 Å². The molecular weight excluding hydrogens is 245 g/mol. The van der Waals surface area contributed by atoms with Crippen molar-refractivity contribution in [3.05, 3.63) is 48.3 Å². The fraction of sp³-hybridized carbons (Fsp3) is 0.400. The van der Waals surface area contributed by atoms with Crippen molar-refractivity contribution in [1.82, 2.24) is 5.32 Å². The highest BCUT2D eigenvalue weighted by Gasteiger charge is 2.14. The topological polar surface area (TPSA) is 49.3 Å². The number of carbonyl (C=O) groups is 1. The van der Waals surface area contributed by atoms with Crippen molar-refractivity contribution in [2.75, 3.05) is 0 Å². The van der Waals surface area contributed by atoms with Gasteiger partial charge in [-0.15, -0.1) is 6.58 Å². The number of hydrogen-bond acceptors (Lipinski definition) is 2. The summed E-state index contributed by atoms with van der Waals surface area (Å²) in [5.74, 6) is -0.388. The van der Waals surface area contributed by atoms with Crippen LogP contribution in [0.1, 0.15) is 37.9 Å². The van der Waals surface area contributed by atoms with E-state index in [1.807, 2.05) is 6.92 Å². The lowest BCUT2D eigenvalue weighted by atomic mass is 10.0. The second-order valence-corrected chi connectivity index (χ2v) is 4.60. The standard InChI is InChI=1S/C15H20FNO2/c1-3-4-5-15(19)17-11(2)10-14(18)12-6-8-13(16)9-7-12/h3,6-9,11,14,18H,1,4-5,10H2,2H3,(H,17,19). The SMILES string of the molecule is C=CCCC(=O)NC(C)CC(O)c1ccc(F)cc1. The Morgan fingerprint density at radius 1 is 1.47 bits per heavy atom. The van der Waals surface area contributed by atoms with E-state index in [-0.39, 0.29) is 17.8 Å². The van der Waals surface area contributed by atoms with Crippen LogP contribution < -0.4 is 5.32 Å². The van der Waals surface area contributed by atoms with Gasteiger partial charge < -0.3 is 10.4 Å². The third-order valence-corrected chi connectivity index (χ3v) is 2.81. The van der Waals surface area contributed by atoms with Crippen molar-refractivity contribution in [1.29, 1.82) is 0 Å². The van der Waals surface area contributed by atoms with Crippen LogP contribution in [0.4, 0.5) is 4.39 Å². The molecule has 1 rings (SSSR count). The highest BCUT2D eigenvalue weighted by atomic mass is 19.1. The van der Waals surface area contributed by atoms with E-state index in [4.69, 9.17) is 0 Å². The smallest absolute Gasteiger partial charge is 0.220 e. The van der Waals surface area contributed by atoms with Crippen LogP contribution in [0, 0.1) is 5.82 Å². The van der Waals surface area contributed by atoms with Gasteiger partial charge in [0.25, 0.3) is 0 Å². The molecular formula is C15H20FNO2. The zero-order valence-electron chi connectivity index (χ0n) is 11.1. The summed E-state index contributed by atoms with van der Waals surface area (Å²) in [6.07, 6.45) is 2.41. The van der Waals surface area contributed by atoms with Crippen molar-refractivity contribution < 1.29 is 14.3 Å². The van der Waals surface area contributed by atoms with Crippen LogP contribution >= 0.6 is 0 Å². The lowest BCUT2D eigenvalue weighted by Crippen LogP contribution is -2.33. The molecule has 1 aromatic rings. The molecule has 0 spiro atoms. The Hall–Kier alpha value is -1.68. The molecule has 0 radical (unpaired) electrons. The number of allylic oxidation sites excluding steroid dienone is 1. The Balaban J connectivity index is 2.43. The normalized spacial score (nSPS) is 13.6. The Bertz CT molecular complexity index is 417. The first kappa shape index (κ1) is 15.4. The van der Waals surface area contributed by atoms with Gasteiger partial charge in [-0.3, -0.25) is 4.79 Å². The van der Waals surface area contributed by atoms with Crippen LogP contribution in [0.2, 0.25) is 0 Å². The van der Waals surface area contributed by atoms with Crippen LogP contribution in [0.5, 0.6) is 0 Å². The maximum atomic E-state index is 12.8. The molecule has 0 bridgehead atoms. The van der Waals surface area contributed by atoms with Crippen molar-refractivity contribution in [3.8, 4) is 0 Å². The van der Waals surface area contributed by atoms with E-state index in [0.29, 0.717) is 24.8 Å². The number of nitrogens with one attached hydrogen (secondary N) is 1. The van der Waals surface area contributed by atoms with E-state index in [1.54, 1.807) is 18.2 Å². The summed E-state index contributed by atoms with van der Waals surface area (Å²) in [5, 5.41) is 12.8. The maximum Gasteiger partial charge on any atom is 0.220 e. The number of amides is 1. The zero-order chi connectivity index (χ0) is 14.3. The van der Waals surface area contributed by atoms with Crippen LogP contribution in [-0.2, 0) is 4.79 Å². The minimum absolute atomic E-state index is 0.0568. The lowest BCUT2D eigenvalue weighted by Gasteiger charge is -2.18. The Kier molecular flexibility index (Phi) is 6.22. The quantitative estimate of drug-likeness (QED) is 0.745. The van der Waals surface area contributed by atoms with Crippen LogP contribution in [0.3, 0.4) is 0 Å². The largest absolute Gasteiger partial charge is 0.388 e. The summed E-state index contributed by atoms with van der Waals surface area (Å²) < 4.78 is 12.8. The molecule has 2 atom stereocenters. The van der Waals surface area contributed by atoms with Crippen LogP contribution in [0.25, 0.3) is 0 Å². The van der Waals surface area contributed by atoms with E-state index in [9.17, 15) is 14.3 Å². The summed E-state index contributed by atoms with van der Waals surface area (Å²) >= 11 is 0. The minimum Gasteiger partial charge on any atom is -0.388 e. The number of carbonyl (C=O) groups excluding carboxylic acids is 1. The molecule has 0 aliphatic rings. The molecule has 0 aromatic heterocycles. The van der Waals surface area contributed by atoms with Crippen molar-refractivity contribution in [3.63, 3.8) is 0 Å². The van der Waals surface area contributed by atoms with Crippen molar-refractivity contribution >= 4 is 5.91 Å². The van der Waals surface area contributed by atoms with E-state index < -0.39 is 6.10 Å². The number of benzene rings is 1. The fourth-order valence-electron chi connectivity index (χ4n) is 1.79. The maximum absolute atomic E-state index is 12.8. The first-order chi connectivity index (χ1) is 9.02. The Morgan fingerprint density at radius 2 is 2.11 bits per heavy atom. The fourth-order valence-corrected chi connectivity index (χ4v) is 1.79. The number of halogens is 1. The van der Waals surface area contributed by atoms with Gasteiger partial charge in [0.2, 0.25) is 5.91 Å². The van der Waals surface area contributed by atoms with Crippen LogP contribution in [-0.4, -0.2) is 17.1 Å². The molecule has 1 amide bonds. The lowest BCUT2D eigenvalue weighted by molar-refractivity contribution is -0.121. The van der Waals surface area contributed by atoms with Gasteiger partial charge in [0.1, 0.15) is 5.82 Å². The number of hydrogen-bond donors (Lipinski definition) is 2. The van der Waals surface area contributed by atoms with E-state index in [2.05, 4.69) is 11.9 Å². The van der Waals surface area contributed by atoms with Gasteiger partial charge in [-0.1, -0.05) is 18.2 Å². The zero-order valence-corrected chi connectivity index (χ0v) is 11.1. The first-order valence-electron chi connectivity index (χ1n) is 6.36. The molecule has 1 aromatic carbocycles. The van der Waals surface area contributed by atoms with E-state index in [1.165, 1.54) is 12.1 Å². The average molecular weight is 265 g/mol. The Labute approximate surface area is 113 Å². The van der Waals surface area contributed by atoms with Crippen molar-refractivity contribution in [2.24, 2.45) is 0 Å². The number of aliphatic hydroxyl groups is 1. The molecule has 19 heavy (non-hydrogen) atoms. The highest BCUT2D eigenvalue weighted by molar-refractivity contribution is 5.76. The number of rotatable bonds is 7. The summed E-state index contributed by atoms with van der Waals surface area (Å²) in [6, 6.07) is 5.58. The molecule has 0 fully saturated rings. The van der Waals surface area contributed by atoms with E-state index in [0.717, 1.165) is 0 Å². The monoisotopic (exact) mass is 265 g/mol. The summed E-state index contributed by atoms with van der Waals surface area (Å²) in [4.78, 5) is 11.5. The summed E-state index contributed by atoms with van der Waals surface area (Å²) in [6.45, 7) is 5.39. The molecule has 0 aliphatic carbocycles.